The van der Waals surface area contributed by atoms with Crippen molar-refractivity contribution < 1.29 is 69.3 Å². The summed E-state index contributed by atoms with van der Waals surface area (Å²) in [6, 6.07) is 9.46. The quantitative estimate of drug-likeness (QED) is 0.403. The predicted octanol–water partition coefficient (Wildman–Crippen LogP) is -5.00. The minimum atomic E-state index is -0.0924. The molecule has 0 fully saturated rings. The summed E-state index contributed by atoms with van der Waals surface area (Å²) in [5.74, 6) is -0.185. The molecule has 2 nitrogen and oxygen atoms in total. The molecule has 0 saturated heterocycles. The van der Waals surface area contributed by atoms with Crippen molar-refractivity contribution in [2.75, 3.05) is 0 Å². The van der Waals surface area contributed by atoms with E-state index in [-0.39, 0.29) is 70.6 Å². The van der Waals surface area contributed by atoms with Gasteiger partial charge in [0.05, 0.1) is 0 Å². The molecule has 0 saturated carbocycles. The Bertz CT molecular complexity index is 388. The van der Waals surface area contributed by atoms with E-state index < -0.39 is 0 Å². The van der Waals surface area contributed by atoms with Gasteiger partial charge < -0.3 is 10.2 Å². The first kappa shape index (κ1) is 14.3. The second-order valence-electron chi connectivity index (χ2n) is 2.61. The monoisotopic (exact) mass is 204 g/mol. The van der Waals surface area contributed by atoms with E-state index >= 15 is 0 Å². The number of fused-ring (bicyclic) bond motifs is 1. The maximum Gasteiger partial charge on any atom is 1.00 e. The van der Waals surface area contributed by atoms with Gasteiger partial charge in [0.15, 0.2) is 0 Å². The molecule has 0 aliphatic heterocycles. The molecule has 2 rings (SSSR count). The second kappa shape index (κ2) is 6.01. The van der Waals surface area contributed by atoms with E-state index in [1.54, 1.807) is 24.3 Å². The van der Waals surface area contributed by atoms with Gasteiger partial charge in [-0.05, 0) is 10.8 Å². The van der Waals surface area contributed by atoms with Crippen molar-refractivity contribution in [1.29, 1.82) is 0 Å². The van der Waals surface area contributed by atoms with Gasteiger partial charge in [-0.2, -0.15) is 0 Å². The number of benzene rings is 2. The molecule has 0 heterocycles. The molecule has 60 valence electrons. The SMILES string of the molecule is [Na+].[Na+].[O-]c1cccc2c([O-])cccc12. The van der Waals surface area contributed by atoms with Gasteiger partial charge in [0.2, 0.25) is 0 Å². The van der Waals surface area contributed by atoms with Crippen LogP contribution in [0.25, 0.3) is 10.8 Å². The Kier molecular flexibility index (Phi) is 6.14. The van der Waals surface area contributed by atoms with Crippen LogP contribution in [0.15, 0.2) is 36.4 Å². The van der Waals surface area contributed by atoms with Crippen LogP contribution in [0.1, 0.15) is 0 Å². The van der Waals surface area contributed by atoms with E-state index in [4.69, 9.17) is 0 Å². The van der Waals surface area contributed by atoms with Gasteiger partial charge in [0.1, 0.15) is 0 Å². The van der Waals surface area contributed by atoms with Crippen LogP contribution in [0.4, 0.5) is 0 Å². The summed E-state index contributed by atoms with van der Waals surface area (Å²) < 4.78 is 0. The molecular formula is C10H6Na2O2. The van der Waals surface area contributed by atoms with Gasteiger partial charge in [-0.3, -0.25) is 0 Å². The summed E-state index contributed by atoms with van der Waals surface area (Å²) in [5.41, 5.74) is 0. The summed E-state index contributed by atoms with van der Waals surface area (Å²) >= 11 is 0. The molecule has 2 aromatic rings. The maximum absolute atomic E-state index is 11.2. The Morgan fingerprint density at radius 3 is 1.36 bits per heavy atom. The normalized spacial score (nSPS) is 8.86. The first-order valence-electron chi connectivity index (χ1n) is 3.65. The van der Waals surface area contributed by atoms with Crippen molar-refractivity contribution in [3.63, 3.8) is 0 Å². The third kappa shape index (κ3) is 2.66. The summed E-state index contributed by atoms with van der Waals surface area (Å²) in [6.07, 6.45) is 0. The van der Waals surface area contributed by atoms with E-state index in [2.05, 4.69) is 0 Å². The largest absolute Gasteiger partial charge is 1.00 e. The average molecular weight is 204 g/mol. The van der Waals surface area contributed by atoms with Crippen LogP contribution in [0.5, 0.6) is 11.5 Å². The first-order chi connectivity index (χ1) is 5.79. The smallest absolute Gasteiger partial charge is 0.872 e. The summed E-state index contributed by atoms with van der Waals surface area (Å²) in [5, 5.41) is 23.4. The fourth-order valence-electron chi connectivity index (χ4n) is 1.25. The van der Waals surface area contributed by atoms with Gasteiger partial charge in [0.25, 0.3) is 0 Å². The van der Waals surface area contributed by atoms with Crippen LogP contribution in [0, 0.1) is 0 Å². The molecule has 0 bridgehead atoms. The van der Waals surface area contributed by atoms with Gasteiger partial charge in [-0.15, -0.1) is 11.5 Å². The molecule has 4 heteroatoms. The van der Waals surface area contributed by atoms with Crippen LogP contribution in [0.3, 0.4) is 0 Å². The molecule has 14 heavy (non-hydrogen) atoms. The van der Waals surface area contributed by atoms with Gasteiger partial charge in [-0.25, -0.2) is 0 Å². The Balaban J connectivity index is 0.000000845. The van der Waals surface area contributed by atoms with Gasteiger partial charge in [-0.1, -0.05) is 36.4 Å². The number of hydrogen-bond donors (Lipinski definition) is 0. The number of hydrogen-bond acceptors (Lipinski definition) is 2. The third-order valence-corrected chi connectivity index (χ3v) is 1.84. The first-order valence-corrected chi connectivity index (χ1v) is 3.65. The number of rotatable bonds is 0. The van der Waals surface area contributed by atoms with Crippen molar-refractivity contribution in [2.24, 2.45) is 0 Å². The summed E-state index contributed by atoms with van der Waals surface area (Å²) in [6.45, 7) is 0. The molecule has 0 aliphatic carbocycles. The van der Waals surface area contributed by atoms with Crippen molar-refractivity contribution in [2.45, 2.75) is 0 Å². The standard InChI is InChI=1S/C10H8O2.2Na/c11-9-5-1-3-7-8(9)4-2-6-10(7)12;;/h1-6,11-12H;;/q;2*+1/p-2. The Morgan fingerprint density at radius 1 is 0.643 bits per heavy atom. The van der Waals surface area contributed by atoms with Crippen LogP contribution >= 0.6 is 0 Å². The molecule has 2 aromatic carbocycles. The minimum Gasteiger partial charge on any atom is -0.872 e. The van der Waals surface area contributed by atoms with Crippen LogP contribution < -0.4 is 69.3 Å². The zero-order valence-electron chi connectivity index (χ0n) is 8.28. The Labute approximate surface area is 127 Å². The molecule has 0 aromatic heterocycles. The molecule has 0 radical (unpaired) electrons. The molecule has 0 unspecified atom stereocenters. The predicted molar refractivity (Wildman–Crippen MR) is 42.8 cm³/mol. The Morgan fingerprint density at radius 2 is 1.00 bits per heavy atom. The molecule has 0 amide bonds. The van der Waals surface area contributed by atoms with E-state index in [9.17, 15) is 10.2 Å². The third-order valence-electron chi connectivity index (χ3n) is 1.84. The minimum absolute atomic E-state index is 0. The van der Waals surface area contributed by atoms with Crippen molar-refractivity contribution in [1.82, 2.24) is 0 Å². The van der Waals surface area contributed by atoms with Crippen molar-refractivity contribution >= 4 is 10.8 Å². The van der Waals surface area contributed by atoms with Gasteiger partial charge in [0, 0.05) is 0 Å². The van der Waals surface area contributed by atoms with Gasteiger partial charge >= 0.3 is 59.1 Å². The molecule has 0 atom stereocenters. The van der Waals surface area contributed by atoms with E-state index in [1.807, 2.05) is 0 Å². The molecule has 0 N–H and O–H groups in total. The summed E-state index contributed by atoms with van der Waals surface area (Å²) in [7, 11) is 0. The maximum atomic E-state index is 11.2. The topological polar surface area (TPSA) is 46.1 Å². The van der Waals surface area contributed by atoms with E-state index in [1.165, 1.54) is 12.1 Å². The molecule has 0 spiro atoms. The summed E-state index contributed by atoms with van der Waals surface area (Å²) in [4.78, 5) is 0. The molecular weight excluding hydrogens is 198 g/mol. The van der Waals surface area contributed by atoms with E-state index in [0.29, 0.717) is 10.8 Å². The Hall–Kier alpha value is 0.300. The zero-order valence-corrected chi connectivity index (χ0v) is 12.3. The van der Waals surface area contributed by atoms with Crippen LogP contribution in [-0.2, 0) is 0 Å². The van der Waals surface area contributed by atoms with Crippen molar-refractivity contribution in [3.8, 4) is 11.5 Å². The average Bonchev–Trinajstić information content (AvgIpc) is 2.07. The van der Waals surface area contributed by atoms with Crippen LogP contribution in [-0.4, -0.2) is 0 Å². The fourth-order valence-corrected chi connectivity index (χ4v) is 1.25. The van der Waals surface area contributed by atoms with Crippen LogP contribution in [0.2, 0.25) is 0 Å². The fraction of sp³-hybridized carbons (Fsp3) is 0. The second-order valence-corrected chi connectivity index (χ2v) is 2.61. The van der Waals surface area contributed by atoms with E-state index in [0.717, 1.165) is 0 Å². The zero-order chi connectivity index (χ0) is 8.55. The van der Waals surface area contributed by atoms with Crippen molar-refractivity contribution in [3.05, 3.63) is 36.4 Å². The molecule has 0 aliphatic rings.